The van der Waals surface area contributed by atoms with Gasteiger partial charge in [-0.05, 0) is 53.5 Å². The van der Waals surface area contributed by atoms with Crippen LogP contribution in [-0.4, -0.2) is 35.9 Å². The lowest BCUT2D eigenvalue weighted by molar-refractivity contribution is -0.138. The number of hydrogen-bond acceptors (Lipinski definition) is 6. The quantitative estimate of drug-likeness (QED) is 0.233. The normalized spacial score (nSPS) is 23.6. The van der Waals surface area contributed by atoms with Crippen LogP contribution in [-0.2, 0) is 28.6 Å². The van der Waals surface area contributed by atoms with Crippen molar-refractivity contribution in [3.05, 3.63) is 140 Å². The number of carbonyl (C=O) groups excluding carboxylic acids is 2. The van der Waals surface area contributed by atoms with Crippen LogP contribution in [0, 0.1) is 12.8 Å². The first-order chi connectivity index (χ1) is 22.2. The van der Waals surface area contributed by atoms with E-state index in [1.165, 1.54) is 16.4 Å². The van der Waals surface area contributed by atoms with Gasteiger partial charge in [0.25, 0.3) is 11.8 Å². The fraction of sp³-hybridized carbons (Fsp3) is 0.222. The van der Waals surface area contributed by atoms with E-state index < -0.39 is 46.5 Å². The van der Waals surface area contributed by atoms with Crippen LogP contribution < -0.4 is 16.8 Å². The number of aromatic hydroxyl groups is 1. The molecule has 1 saturated carbocycles. The molecule has 0 bridgehead atoms. The van der Waals surface area contributed by atoms with Crippen molar-refractivity contribution in [3.8, 4) is 5.75 Å². The molecule has 1 aliphatic carbocycles. The predicted molar refractivity (Wildman–Crippen MR) is 172 cm³/mol. The van der Waals surface area contributed by atoms with E-state index in [0.717, 1.165) is 25.9 Å². The minimum absolute atomic E-state index is 0.0205. The second kappa shape index (κ2) is 9.93. The highest BCUT2D eigenvalue weighted by atomic mass is 16.3. The topological polar surface area (TPSA) is 119 Å². The fourth-order valence-corrected chi connectivity index (χ4v) is 8.02. The van der Waals surface area contributed by atoms with Crippen molar-refractivity contribution in [1.82, 2.24) is 18.9 Å². The Labute approximate surface area is 263 Å². The van der Waals surface area contributed by atoms with Crippen molar-refractivity contribution >= 4 is 28.3 Å². The summed E-state index contributed by atoms with van der Waals surface area (Å²) in [6, 6.07) is 27.0. The SMILES string of the molecule is Cc1ccc(NN2C(=O)[C@@H]3C[C@@H]4C(=CCn5c(=O)n(C)c(=O)n54)[C@H](c4c(O)ccc5ccccc45)[C@]3(c3ccccc3)C2=O)cc1. The van der Waals surface area contributed by atoms with Gasteiger partial charge >= 0.3 is 11.4 Å². The number of phenols is 1. The van der Waals surface area contributed by atoms with Gasteiger partial charge in [0.1, 0.15) is 5.75 Å². The summed E-state index contributed by atoms with van der Waals surface area (Å²) in [6.07, 6.45) is 1.99. The number of rotatable bonds is 4. The van der Waals surface area contributed by atoms with E-state index in [1.807, 2.05) is 97.9 Å². The van der Waals surface area contributed by atoms with Crippen LogP contribution >= 0.6 is 0 Å². The Morgan fingerprint density at radius 1 is 0.848 bits per heavy atom. The van der Waals surface area contributed by atoms with E-state index in [2.05, 4.69) is 5.43 Å². The highest BCUT2D eigenvalue weighted by Gasteiger charge is 2.69. The number of anilines is 1. The maximum atomic E-state index is 15.2. The van der Waals surface area contributed by atoms with E-state index in [4.69, 9.17) is 0 Å². The van der Waals surface area contributed by atoms with E-state index >= 15 is 4.79 Å². The Kier molecular flexibility index (Phi) is 6.02. The Morgan fingerprint density at radius 2 is 1.57 bits per heavy atom. The Morgan fingerprint density at radius 3 is 2.33 bits per heavy atom. The molecule has 1 saturated heterocycles. The minimum atomic E-state index is -1.49. The molecule has 2 amide bonds. The molecular formula is C36H31N5O5. The largest absolute Gasteiger partial charge is 0.508 e. The molecule has 230 valence electrons. The number of benzene rings is 4. The average Bonchev–Trinajstić information content (AvgIpc) is 3.43. The van der Waals surface area contributed by atoms with Crippen LogP contribution in [0.1, 0.15) is 35.1 Å². The molecule has 4 aromatic carbocycles. The fourth-order valence-electron chi connectivity index (χ4n) is 8.02. The molecule has 1 aromatic heterocycles. The van der Waals surface area contributed by atoms with Crippen LogP contribution in [0.4, 0.5) is 5.69 Å². The number of hydrazine groups is 1. The highest BCUT2D eigenvalue weighted by Crippen LogP contribution is 2.63. The molecule has 10 heteroatoms. The molecule has 2 N–H and O–H groups in total. The summed E-state index contributed by atoms with van der Waals surface area (Å²) in [4.78, 5) is 56.6. The molecule has 10 nitrogen and oxygen atoms in total. The first-order valence-electron chi connectivity index (χ1n) is 15.3. The Balaban J connectivity index is 1.45. The number of amides is 2. The third-order valence-corrected chi connectivity index (χ3v) is 10.1. The zero-order valence-electron chi connectivity index (χ0n) is 25.3. The van der Waals surface area contributed by atoms with E-state index in [9.17, 15) is 19.5 Å². The number of fused-ring (bicyclic) bond motifs is 5. The second-order valence-electron chi connectivity index (χ2n) is 12.4. The van der Waals surface area contributed by atoms with Crippen LogP contribution in [0.2, 0.25) is 0 Å². The smallest absolute Gasteiger partial charge is 0.347 e. The highest BCUT2D eigenvalue weighted by molar-refractivity contribution is 6.13. The average molecular weight is 614 g/mol. The number of aryl methyl sites for hydroxylation is 1. The van der Waals surface area contributed by atoms with Gasteiger partial charge in [0.15, 0.2) is 0 Å². The van der Waals surface area contributed by atoms with E-state index in [1.54, 1.807) is 6.07 Å². The molecule has 8 rings (SSSR count). The maximum absolute atomic E-state index is 15.2. The number of carbonyl (C=O) groups is 2. The van der Waals surface area contributed by atoms with E-state index in [0.29, 0.717) is 22.4 Å². The summed E-state index contributed by atoms with van der Waals surface area (Å²) in [5, 5.41) is 14.4. The summed E-state index contributed by atoms with van der Waals surface area (Å²) < 4.78 is 3.87. The van der Waals surface area contributed by atoms with Gasteiger partial charge < -0.3 is 5.11 Å². The third-order valence-electron chi connectivity index (χ3n) is 10.1. The molecule has 4 atom stereocenters. The molecule has 0 radical (unpaired) electrons. The molecule has 2 aliphatic heterocycles. The number of imide groups is 1. The lowest BCUT2D eigenvalue weighted by Gasteiger charge is -2.49. The van der Waals surface area contributed by atoms with Crippen molar-refractivity contribution in [2.24, 2.45) is 13.0 Å². The van der Waals surface area contributed by atoms with E-state index in [-0.39, 0.29) is 18.7 Å². The van der Waals surface area contributed by atoms with Gasteiger partial charge in [-0.3, -0.25) is 15.0 Å². The maximum Gasteiger partial charge on any atom is 0.347 e. The second-order valence-corrected chi connectivity index (χ2v) is 12.4. The summed E-state index contributed by atoms with van der Waals surface area (Å²) in [5.74, 6) is -2.72. The summed E-state index contributed by atoms with van der Waals surface area (Å²) in [5.41, 5.74) is 4.09. The zero-order valence-corrected chi connectivity index (χ0v) is 25.3. The van der Waals surface area contributed by atoms with Crippen molar-refractivity contribution < 1.29 is 14.7 Å². The molecule has 3 heterocycles. The minimum Gasteiger partial charge on any atom is -0.508 e. The number of hydrogen-bond donors (Lipinski definition) is 2. The molecule has 46 heavy (non-hydrogen) atoms. The first-order valence-corrected chi connectivity index (χ1v) is 15.3. The van der Waals surface area contributed by atoms with Crippen LogP contribution in [0.25, 0.3) is 10.8 Å². The van der Waals surface area contributed by atoms with Gasteiger partial charge in [-0.1, -0.05) is 84.4 Å². The Hall–Kier alpha value is -5.64. The third kappa shape index (κ3) is 3.64. The lowest BCUT2D eigenvalue weighted by Crippen LogP contribution is -2.53. The van der Waals surface area contributed by atoms with Crippen LogP contribution in [0.15, 0.2) is 112 Å². The molecule has 0 spiro atoms. The van der Waals surface area contributed by atoms with Crippen molar-refractivity contribution in [1.29, 1.82) is 0 Å². The number of nitrogens with one attached hydrogen (secondary N) is 1. The number of allylic oxidation sites excluding steroid dienone is 2. The molecule has 0 unspecified atom stereocenters. The standard InChI is InChI=1S/C36H31N5O5/c1-21-12-15-24(16-13-21)37-40-32(43)27-20-28-26(18-19-39-34(45)38(2)35(46)41(28)39)31(36(27,33(40)44)23-9-4-3-5-10-23)30-25-11-7-6-8-22(25)14-17-29(30)42/h3-18,27-28,31,37,42H,19-20H2,1-2H3/t27-,28+,31+,36+/m0/s1. The molecule has 5 aromatic rings. The van der Waals surface area contributed by atoms with Crippen LogP contribution in [0.5, 0.6) is 5.75 Å². The zero-order chi connectivity index (χ0) is 31.9. The molecule has 2 fully saturated rings. The number of nitrogens with zero attached hydrogens (tertiary/aromatic N) is 4. The monoisotopic (exact) mass is 613 g/mol. The molecule has 3 aliphatic rings. The van der Waals surface area contributed by atoms with Gasteiger partial charge in [-0.2, -0.15) is 5.01 Å². The van der Waals surface area contributed by atoms with Gasteiger partial charge in [0, 0.05) is 18.5 Å². The van der Waals surface area contributed by atoms with Crippen molar-refractivity contribution in [2.75, 3.05) is 5.43 Å². The lowest BCUT2D eigenvalue weighted by atomic mass is 9.53. The first kappa shape index (κ1) is 27.9. The van der Waals surface area contributed by atoms with Crippen LogP contribution in [0.3, 0.4) is 0 Å². The van der Waals surface area contributed by atoms with Crippen molar-refractivity contribution in [2.45, 2.75) is 37.3 Å². The summed E-state index contributed by atoms with van der Waals surface area (Å²) in [6.45, 7) is 2.06. The van der Waals surface area contributed by atoms with Gasteiger partial charge in [-0.15, -0.1) is 0 Å². The molecular weight excluding hydrogens is 582 g/mol. The van der Waals surface area contributed by atoms with Gasteiger partial charge in [0.2, 0.25) is 0 Å². The Bertz CT molecular complexity index is 2230. The summed E-state index contributed by atoms with van der Waals surface area (Å²) >= 11 is 0. The predicted octanol–water partition coefficient (Wildman–Crippen LogP) is 4.13. The van der Waals surface area contributed by atoms with Gasteiger partial charge in [0.05, 0.1) is 29.6 Å². The van der Waals surface area contributed by atoms with Gasteiger partial charge in [-0.25, -0.2) is 23.5 Å². The van der Waals surface area contributed by atoms with Crippen molar-refractivity contribution in [3.63, 3.8) is 0 Å². The number of aromatic nitrogens is 3. The summed E-state index contributed by atoms with van der Waals surface area (Å²) in [7, 11) is 1.44. The number of phenolic OH excluding ortho intramolecular Hbond substituents is 1.